The number of rotatable bonds is 4. The molecule has 8 atom stereocenters. The topological polar surface area (TPSA) is 43.4 Å². The third kappa shape index (κ3) is 3.21. The van der Waals surface area contributed by atoms with Gasteiger partial charge in [0, 0.05) is 12.3 Å². The fourth-order valence-electron chi connectivity index (χ4n) is 8.89. The van der Waals surface area contributed by atoms with E-state index in [9.17, 15) is 9.59 Å². The first-order valence-electron chi connectivity index (χ1n) is 12.5. The van der Waals surface area contributed by atoms with E-state index >= 15 is 0 Å². The Morgan fingerprint density at radius 3 is 2.53 bits per heavy atom. The molecule has 0 radical (unpaired) electrons. The second kappa shape index (κ2) is 8.10. The van der Waals surface area contributed by atoms with Crippen molar-refractivity contribution in [2.75, 3.05) is 7.11 Å². The molecule has 4 fully saturated rings. The number of ether oxygens (including phenoxy) is 1. The van der Waals surface area contributed by atoms with Crippen molar-refractivity contribution in [3.8, 4) is 0 Å². The van der Waals surface area contributed by atoms with Crippen LogP contribution in [0, 0.1) is 46.3 Å². The van der Waals surface area contributed by atoms with E-state index < -0.39 is 0 Å². The first-order chi connectivity index (χ1) is 14.3. The molecule has 3 heteroatoms. The van der Waals surface area contributed by atoms with Gasteiger partial charge in [-0.3, -0.25) is 9.59 Å². The number of ketones is 1. The van der Waals surface area contributed by atoms with E-state index in [0.717, 1.165) is 6.42 Å². The number of fused-ring (bicyclic) bond motifs is 5. The van der Waals surface area contributed by atoms with Gasteiger partial charge in [-0.15, -0.1) is 0 Å². The van der Waals surface area contributed by atoms with Gasteiger partial charge in [-0.2, -0.15) is 0 Å². The molecule has 0 amide bonds. The summed E-state index contributed by atoms with van der Waals surface area (Å²) in [5.41, 5.74) is 1.72. The Bertz CT molecular complexity index is 724. The number of carbonyl (C=O) groups excluding carboxylic acids is 2. The summed E-state index contributed by atoms with van der Waals surface area (Å²) in [7, 11) is 1.48. The van der Waals surface area contributed by atoms with Crippen molar-refractivity contribution in [2.24, 2.45) is 46.3 Å². The van der Waals surface area contributed by atoms with Gasteiger partial charge in [0.15, 0.2) is 5.78 Å². The highest BCUT2D eigenvalue weighted by molar-refractivity contribution is 5.99. The minimum atomic E-state index is -0.0956. The number of allylic oxidation sites excluding steroid dienone is 2. The van der Waals surface area contributed by atoms with Gasteiger partial charge in [-0.25, -0.2) is 0 Å². The standard InChI is InChI=1S/C27H42O3/c1-6-18-20-9-7-8-15-26(20,3)22-14-16-27(4)19(17(2)10-13-23(28)30-5)11-12-21(27)24(22)25(18)29/h6,17,19-22,24H,7-16H2,1-5H3/b18-6+/t17-,19?,20+,21?,22?,24?,26+,27-/m1/s1. The van der Waals surface area contributed by atoms with Crippen LogP contribution in [0.2, 0.25) is 0 Å². The first-order valence-corrected chi connectivity index (χ1v) is 12.5. The van der Waals surface area contributed by atoms with Crippen LogP contribution in [-0.2, 0) is 14.3 Å². The van der Waals surface area contributed by atoms with Crippen LogP contribution in [0.15, 0.2) is 11.6 Å². The monoisotopic (exact) mass is 414 g/mol. The molecule has 0 N–H and O–H groups in total. The Kier molecular flexibility index (Phi) is 5.96. The largest absolute Gasteiger partial charge is 0.469 e. The molecule has 4 rings (SSSR count). The minimum absolute atomic E-state index is 0.0956. The highest BCUT2D eigenvalue weighted by Crippen LogP contribution is 2.68. The minimum Gasteiger partial charge on any atom is -0.469 e. The maximum Gasteiger partial charge on any atom is 0.305 e. The predicted octanol–water partition coefficient (Wildman–Crippen LogP) is 6.36. The van der Waals surface area contributed by atoms with Crippen molar-refractivity contribution >= 4 is 11.8 Å². The van der Waals surface area contributed by atoms with E-state index in [1.807, 2.05) is 0 Å². The SMILES string of the molecule is C/C=C1/C(=O)C2C3CCC([C@H](C)CCC(=O)OC)[C@@]3(C)CCC2[C@@]2(C)CCCC[C@@H]12. The average molecular weight is 415 g/mol. The fourth-order valence-corrected chi connectivity index (χ4v) is 8.89. The lowest BCUT2D eigenvalue weighted by atomic mass is 9.43. The van der Waals surface area contributed by atoms with Gasteiger partial charge in [-0.1, -0.05) is 39.7 Å². The summed E-state index contributed by atoms with van der Waals surface area (Å²) in [6.45, 7) is 9.43. The van der Waals surface area contributed by atoms with Gasteiger partial charge in [0.1, 0.15) is 0 Å². The smallest absolute Gasteiger partial charge is 0.305 e. The van der Waals surface area contributed by atoms with E-state index in [4.69, 9.17) is 4.74 Å². The zero-order chi connectivity index (χ0) is 21.7. The molecule has 0 heterocycles. The van der Waals surface area contributed by atoms with Crippen molar-refractivity contribution in [1.82, 2.24) is 0 Å². The van der Waals surface area contributed by atoms with Crippen molar-refractivity contribution in [1.29, 1.82) is 0 Å². The Labute approximate surface area is 183 Å². The van der Waals surface area contributed by atoms with Gasteiger partial charge in [0.05, 0.1) is 7.11 Å². The highest BCUT2D eigenvalue weighted by atomic mass is 16.5. The van der Waals surface area contributed by atoms with Crippen LogP contribution in [-0.4, -0.2) is 18.9 Å². The Balaban J connectivity index is 1.61. The van der Waals surface area contributed by atoms with E-state index in [0.29, 0.717) is 47.2 Å². The van der Waals surface area contributed by atoms with Gasteiger partial charge in [-0.05, 0) is 97.9 Å². The van der Waals surface area contributed by atoms with Crippen molar-refractivity contribution in [2.45, 2.75) is 91.9 Å². The zero-order valence-electron chi connectivity index (χ0n) is 19.8. The van der Waals surface area contributed by atoms with Gasteiger partial charge < -0.3 is 4.74 Å². The fraction of sp³-hybridized carbons (Fsp3) is 0.852. The van der Waals surface area contributed by atoms with Gasteiger partial charge in [0.25, 0.3) is 0 Å². The molecule has 168 valence electrons. The van der Waals surface area contributed by atoms with Crippen LogP contribution in [0.25, 0.3) is 0 Å². The van der Waals surface area contributed by atoms with Crippen LogP contribution in [0.5, 0.6) is 0 Å². The molecule has 0 aromatic carbocycles. The normalized spacial score (nSPS) is 45.4. The van der Waals surface area contributed by atoms with E-state index in [-0.39, 0.29) is 17.3 Å². The number of hydrogen-bond donors (Lipinski definition) is 0. The molecule has 3 nitrogen and oxygen atoms in total. The van der Waals surface area contributed by atoms with Crippen LogP contribution in [0.3, 0.4) is 0 Å². The van der Waals surface area contributed by atoms with Crippen LogP contribution in [0.1, 0.15) is 91.9 Å². The summed E-state index contributed by atoms with van der Waals surface area (Å²) in [5, 5.41) is 0. The maximum absolute atomic E-state index is 13.9. The summed E-state index contributed by atoms with van der Waals surface area (Å²) in [5.74, 6) is 3.34. The van der Waals surface area contributed by atoms with E-state index in [1.54, 1.807) is 0 Å². The number of carbonyl (C=O) groups is 2. The summed E-state index contributed by atoms with van der Waals surface area (Å²) < 4.78 is 4.88. The van der Waals surface area contributed by atoms with Crippen molar-refractivity contribution in [3.63, 3.8) is 0 Å². The molecule has 4 aliphatic carbocycles. The number of hydrogen-bond acceptors (Lipinski definition) is 3. The van der Waals surface area contributed by atoms with Crippen molar-refractivity contribution in [3.05, 3.63) is 11.6 Å². The van der Waals surface area contributed by atoms with Gasteiger partial charge in [0.2, 0.25) is 0 Å². The lowest BCUT2D eigenvalue weighted by Gasteiger charge is -2.60. The molecule has 4 saturated carbocycles. The molecular formula is C27H42O3. The quantitative estimate of drug-likeness (QED) is 0.397. The number of methoxy groups -OCH3 is 1. The third-order valence-electron chi connectivity index (χ3n) is 10.4. The second-order valence-corrected chi connectivity index (χ2v) is 11.5. The molecule has 4 unspecified atom stereocenters. The summed E-state index contributed by atoms with van der Waals surface area (Å²) in [6.07, 6.45) is 13.6. The predicted molar refractivity (Wildman–Crippen MR) is 120 cm³/mol. The zero-order valence-corrected chi connectivity index (χ0v) is 19.8. The second-order valence-electron chi connectivity index (χ2n) is 11.5. The van der Waals surface area contributed by atoms with Gasteiger partial charge >= 0.3 is 5.97 Å². The molecule has 0 saturated heterocycles. The average Bonchev–Trinajstić information content (AvgIpc) is 3.09. The van der Waals surface area contributed by atoms with E-state index in [1.165, 1.54) is 64.0 Å². The Morgan fingerprint density at radius 1 is 1.10 bits per heavy atom. The first kappa shape index (κ1) is 22.1. The molecule has 0 bridgehead atoms. The third-order valence-corrected chi connectivity index (χ3v) is 10.4. The maximum atomic E-state index is 13.9. The molecule has 0 spiro atoms. The molecule has 30 heavy (non-hydrogen) atoms. The number of Topliss-reactive ketones (excluding diaryl/α,β-unsaturated/α-hetero) is 1. The van der Waals surface area contributed by atoms with Crippen LogP contribution < -0.4 is 0 Å². The van der Waals surface area contributed by atoms with Crippen LogP contribution >= 0.6 is 0 Å². The Hall–Kier alpha value is -1.12. The highest BCUT2D eigenvalue weighted by Gasteiger charge is 2.63. The molecule has 0 aromatic heterocycles. The lowest BCUT2D eigenvalue weighted by Crippen LogP contribution is -2.57. The molecule has 0 aliphatic heterocycles. The van der Waals surface area contributed by atoms with Crippen molar-refractivity contribution < 1.29 is 14.3 Å². The number of esters is 1. The summed E-state index contributed by atoms with van der Waals surface area (Å²) in [6, 6.07) is 0. The van der Waals surface area contributed by atoms with E-state index in [2.05, 4.69) is 33.8 Å². The summed E-state index contributed by atoms with van der Waals surface area (Å²) in [4.78, 5) is 25.6. The Morgan fingerprint density at radius 2 is 1.83 bits per heavy atom. The lowest BCUT2D eigenvalue weighted by molar-refractivity contribution is -0.146. The molecule has 0 aromatic rings. The summed E-state index contributed by atoms with van der Waals surface area (Å²) >= 11 is 0. The van der Waals surface area contributed by atoms with Crippen LogP contribution in [0.4, 0.5) is 0 Å². The molecular weight excluding hydrogens is 372 g/mol. The molecule has 4 aliphatic rings.